The van der Waals surface area contributed by atoms with Crippen LogP contribution in [0.25, 0.3) is 0 Å². The third-order valence-corrected chi connectivity index (χ3v) is 0.705. The summed E-state index contributed by atoms with van der Waals surface area (Å²) in [5.41, 5.74) is 5.10. The Morgan fingerprint density at radius 2 is 1.83 bits per heavy atom. The Balaban J connectivity index is -0.000000124. The molecule has 0 bridgehead atoms. The first-order valence-electron chi connectivity index (χ1n) is 2.44. The number of amides is 1. The van der Waals surface area contributed by atoms with E-state index in [1.165, 1.54) is 0 Å². The molecule has 0 radical (unpaired) electrons. The maximum Gasteiger partial charge on any atom is 1.00 e. The molecule has 68 valence electrons. The molecule has 4 N–H and O–H groups in total. The van der Waals surface area contributed by atoms with Crippen molar-refractivity contribution in [3.8, 4) is 0 Å². The van der Waals surface area contributed by atoms with Crippen LogP contribution in [-0.2, 0) is 16.2 Å². The van der Waals surface area contributed by atoms with Gasteiger partial charge in [-0.2, -0.15) is 4.21 Å². The molecular weight excluding hydrogens is 211 g/mol. The molecule has 0 aromatic carbocycles. The summed E-state index contributed by atoms with van der Waals surface area (Å²) in [6.45, 7) is 0.777. The van der Waals surface area contributed by atoms with E-state index in [1.54, 1.807) is 0 Å². The zero-order chi connectivity index (χ0) is 7.98. The largest absolute Gasteiger partial charge is 1.00 e. The molecular formula is C4H11KN2O4S. The first-order valence-corrected chi connectivity index (χ1v) is 3.51. The van der Waals surface area contributed by atoms with Crippen LogP contribution in [0.3, 0.4) is 0 Å². The fourth-order valence-corrected chi connectivity index (χ4v) is 0.400. The first-order chi connectivity index (χ1) is 4.63. The van der Waals surface area contributed by atoms with Gasteiger partial charge >= 0.3 is 51.4 Å². The molecule has 0 unspecified atom stereocenters. The van der Waals surface area contributed by atoms with Crippen molar-refractivity contribution in [2.75, 3.05) is 6.54 Å². The molecule has 0 atom stereocenters. The molecule has 1 rings (SSSR count). The fraction of sp³-hybridized carbons (Fsp3) is 0.500. The Labute approximate surface area is 116 Å². The van der Waals surface area contributed by atoms with Gasteiger partial charge in [0.15, 0.2) is 0 Å². The molecule has 1 amide bonds. The maximum absolute atomic E-state index is 10.1. The average molecular weight is 222 g/mol. The van der Waals surface area contributed by atoms with Gasteiger partial charge in [0.05, 0.1) is 0 Å². The third kappa shape index (κ3) is 17.3. The van der Waals surface area contributed by atoms with Crippen LogP contribution in [-0.4, -0.2) is 25.8 Å². The van der Waals surface area contributed by atoms with Gasteiger partial charge in [0, 0.05) is 13.0 Å². The Kier molecular flexibility index (Phi) is 19.0. The Bertz CT molecular complexity index is 133. The number of hydrogen-bond donors (Lipinski definition) is 4. The third-order valence-electron chi connectivity index (χ3n) is 0.705. The van der Waals surface area contributed by atoms with E-state index in [4.69, 9.17) is 13.3 Å². The van der Waals surface area contributed by atoms with Gasteiger partial charge < -0.3 is 7.43 Å². The second-order valence-electron chi connectivity index (χ2n) is 1.46. The van der Waals surface area contributed by atoms with E-state index >= 15 is 0 Å². The number of hydrogen-bond acceptors (Lipinski definition) is 3. The van der Waals surface area contributed by atoms with E-state index < -0.39 is 11.4 Å². The van der Waals surface area contributed by atoms with Crippen LogP contribution in [0, 0.1) is 7.43 Å². The van der Waals surface area contributed by atoms with Gasteiger partial charge in [-0.05, 0) is 0 Å². The van der Waals surface area contributed by atoms with E-state index in [0.29, 0.717) is 6.42 Å². The Hall–Kier alpha value is 1.14. The van der Waals surface area contributed by atoms with Crippen LogP contribution in [0.4, 0.5) is 0 Å². The molecule has 1 aliphatic heterocycles. The molecule has 8 heteroatoms. The second kappa shape index (κ2) is 12.1. The smallest absolute Gasteiger partial charge is 0.358 e. The molecule has 6 nitrogen and oxygen atoms in total. The standard InChI is InChI=1S/C3H6N2O.CH3.K.H2O3S/c6-3-1-2-4-5-3;;;1-4(2)3/h4H,1-2H2,(H,5,6);1H3;;(H2,1,2,3)/q;-1;+1;. The fourth-order valence-electron chi connectivity index (χ4n) is 0.400. The van der Waals surface area contributed by atoms with Gasteiger partial charge in [-0.1, -0.05) is 0 Å². The van der Waals surface area contributed by atoms with E-state index in [-0.39, 0.29) is 64.7 Å². The van der Waals surface area contributed by atoms with Crippen LogP contribution in [0.5, 0.6) is 0 Å². The molecule has 1 aliphatic rings. The molecule has 0 aliphatic carbocycles. The van der Waals surface area contributed by atoms with Crippen molar-refractivity contribution in [1.82, 2.24) is 10.9 Å². The molecule has 0 aromatic rings. The summed E-state index contributed by atoms with van der Waals surface area (Å²) in [7, 11) is 0. The molecule has 0 spiro atoms. The summed E-state index contributed by atoms with van der Waals surface area (Å²) < 4.78 is 22.8. The number of carbonyl (C=O) groups excluding carboxylic acids is 1. The normalized spacial score (nSPS) is 13.4. The van der Waals surface area contributed by atoms with Crippen molar-refractivity contribution in [2.24, 2.45) is 0 Å². The number of nitrogens with one attached hydrogen (secondary N) is 2. The predicted octanol–water partition coefficient (Wildman–Crippen LogP) is -3.85. The van der Waals surface area contributed by atoms with Crippen molar-refractivity contribution < 1.29 is 69.5 Å². The summed E-state index contributed by atoms with van der Waals surface area (Å²) in [6, 6.07) is 0. The first kappa shape index (κ1) is 18.8. The van der Waals surface area contributed by atoms with Gasteiger partial charge in [0.1, 0.15) is 0 Å². The van der Waals surface area contributed by atoms with E-state index in [0.717, 1.165) is 6.54 Å². The van der Waals surface area contributed by atoms with Crippen molar-refractivity contribution >= 4 is 17.3 Å². The minimum Gasteiger partial charge on any atom is -0.358 e. The second-order valence-corrected chi connectivity index (χ2v) is 1.92. The minimum atomic E-state index is -2.61. The molecule has 1 fully saturated rings. The summed E-state index contributed by atoms with van der Waals surface area (Å²) in [6.07, 6.45) is 0.625. The van der Waals surface area contributed by atoms with E-state index in [9.17, 15) is 4.79 Å². The zero-order valence-electron chi connectivity index (χ0n) is 7.03. The van der Waals surface area contributed by atoms with Crippen LogP contribution in [0.2, 0.25) is 0 Å². The van der Waals surface area contributed by atoms with Crippen LogP contribution in [0.15, 0.2) is 0 Å². The van der Waals surface area contributed by atoms with Crippen molar-refractivity contribution in [1.29, 1.82) is 0 Å². The quantitative estimate of drug-likeness (QED) is 0.191. The Morgan fingerprint density at radius 1 is 1.42 bits per heavy atom. The Morgan fingerprint density at radius 3 is 1.92 bits per heavy atom. The molecule has 0 saturated carbocycles. The SMILES string of the molecule is O=C1CCNN1.O=S(O)O.[CH3-].[K+]. The van der Waals surface area contributed by atoms with Gasteiger partial charge in [-0.15, -0.1) is 0 Å². The maximum atomic E-state index is 10.1. The molecule has 12 heavy (non-hydrogen) atoms. The van der Waals surface area contributed by atoms with E-state index in [1.807, 2.05) is 0 Å². The minimum absolute atomic E-state index is 0. The number of carbonyl (C=O) groups is 1. The topological polar surface area (TPSA) is 98.7 Å². The predicted molar refractivity (Wildman–Crippen MR) is 40.6 cm³/mol. The number of rotatable bonds is 0. The number of hydrazine groups is 1. The van der Waals surface area contributed by atoms with E-state index in [2.05, 4.69) is 10.9 Å². The van der Waals surface area contributed by atoms with Crippen LogP contribution >= 0.6 is 0 Å². The summed E-state index contributed by atoms with van der Waals surface area (Å²) >= 11 is -2.61. The van der Waals surface area contributed by atoms with Gasteiger partial charge in [0.25, 0.3) is 11.4 Å². The summed E-state index contributed by atoms with van der Waals surface area (Å²) in [5.74, 6) is 0.0926. The molecule has 1 saturated heterocycles. The molecule has 0 aromatic heterocycles. The van der Waals surface area contributed by atoms with Crippen molar-refractivity contribution in [3.63, 3.8) is 0 Å². The van der Waals surface area contributed by atoms with Crippen LogP contribution < -0.4 is 62.2 Å². The molecule has 1 heterocycles. The van der Waals surface area contributed by atoms with Gasteiger partial charge in [-0.3, -0.25) is 19.3 Å². The van der Waals surface area contributed by atoms with Crippen molar-refractivity contribution in [3.05, 3.63) is 7.43 Å². The summed E-state index contributed by atoms with van der Waals surface area (Å²) in [4.78, 5) is 10.1. The van der Waals surface area contributed by atoms with Gasteiger partial charge in [0.2, 0.25) is 5.91 Å². The average Bonchev–Trinajstić information content (AvgIpc) is 2.15. The van der Waals surface area contributed by atoms with Gasteiger partial charge in [-0.25, -0.2) is 5.43 Å². The summed E-state index contributed by atoms with van der Waals surface area (Å²) in [5, 5.41) is 0. The van der Waals surface area contributed by atoms with Crippen molar-refractivity contribution in [2.45, 2.75) is 6.42 Å². The van der Waals surface area contributed by atoms with Crippen LogP contribution in [0.1, 0.15) is 6.42 Å². The zero-order valence-corrected chi connectivity index (χ0v) is 11.0. The monoisotopic (exact) mass is 222 g/mol.